The third-order valence-corrected chi connectivity index (χ3v) is 2.27. The predicted molar refractivity (Wildman–Crippen MR) is 70.3 cm³/mol. The molecule has 1 aromatic heterocycles. The summed E-state index contributed by atoms with van der Waals surface area (Å²) in [6.45, 7) is 0.948. The highest BCUT2D eigenvalue weighted by Gasteiger charge is 2.04. The van der Waals surface area contributed by atoms with Crippen LogP contribution >= 0.6 is 0 Å². The Bertz CT molecular complexity index is 405. The topological polar surface area (TPSA) is 28.2 Å². The van der Waals surface area contributed by atoms with Crippen LogP contribution in [0.25, 0.3) is 0 Å². The van der Waals surface area contributed by atoms with Gasteiger partial charge < -0.3 is 5.43 Å². The molecule has 17 heavy (non-hydrogen) atoms. The number of hydrogen-bond acceptors (Lipinski definition) is 3. The van der Waals surface area contributed by atoms with Gasteiger partial charge in [-0.15, -0.1) is 0 Å². The number of hydrazine groups is 1. The molecule has 3 heteroatoms. The molecule has 1 N–H and O–H groups in total. The zero-order valence-electron chi connectivity index (χ0n) is 9.53. The van der Waals surface area contributed by atoms with E-state index < -0.39 is 0 Å². The molecule has 0 saturated carbocycles. The summed E-state index contributed by atoms with van der Waals surface area (Å²) in [6, 6.07) is 16.0. The maximum Gasteiger partial charge on any atom is 0.0592 e. The molecule has 0 bridgehead atoms. The van der Waals surface area contributed by atoms with Crippen molar-refractivity contribution in [1.29, 1.82) is 0 Å². The van der Waals surface area contributed by atoms with Gasteiger partial charge in [-0.25, -0.2) is 0 Å². The molecule has 0 atom stereocenters. The third kappa shape index (κ3) is 3.65. The van der Waals surface area contributed by atoms with Crippen LogP contribution < -0.4 is 10.4 Å². The monoisotopic (exact) mass is 225 g/mol. The van der Waals surface area contributed by atoms with Crippen LogP contribution in [-0.2, 0) is 0 Å². The van der Waals surface area contributed by atoms with Crippen molar-refractivity contribution < 1.29 is 0 Å². The Balaban J connectivity index is 0.000000153. The summed E-state index contributed by atoms with van der Waals surface area (Å²) in [6.07, 6.45) is 7.54. The molecule has 2 heterocycles. The van der Waals surface area contributed by atoms with E-state index in [4.69, 9.17) is 0 Å². The summed E-state index contributed by atoms with van der Waals surface area (Å²) in [5.41, 5.74) is 4.33. The molecule has 1 aliphatic rings. The van der Waals surface area contributed by atoms with Crippen LogP contribution in [0.5, 0.6) is 0 Å². The van der Waals surface area contributed by atoms with Crippen LogP contribution in [0.1, 0.15) is 0 Å². The van der Waals surface area contributed by atoms with Crippen molar-refractivity contribution in [2.45, 2.75) is 0 Å². The molecular weight excluding hydrogens is 210 g/mol. The van der Waals surface area contributed by atoms with Gasteiger partial charge in [0.2, 0.25) is 0 Å². The highest BCUT2D eigenvalue weighted by Crippen LogP contribution is 2.12. The van der Waals surface area contributed by atoms with Crippen molar-refractivity contribution in [1.82, 2.24) is 10.4 Å². The van der Waals surface area contributed by atoms with Crippen LogP contribution in [0.4, 0.5) is 5.69 Å². The fourth-order valence-electron chi connectivity index (χ4n) is 1.45. The zero-order valence-corrected chi connectivity index (χ0v) is 9.53. The van der Waals surface area contributed by atoms with Gasteiger partial charge in [0.15, 0.2) is 0 Å². The molecule has 1 aromatic carbocycles. The van der Waals surface area contributed by atoms with Gasteiger partial charge in [-0.3, -0.25) is 9.99 Å². The number of hydrogen-bond donors (Lipinski definition) is 1. The smallest absolute Gasteiger partial charge is 0.0592 e. The van der Waals surface area contributed by atoms with E-state index in [0.717, 1.165) is 6.54 Å². The fraction of sp³-hybridized carbons (Fsp3) is 0.0714. The van der Waals surface area contributed by atoms with Crippen molar-refractivity contribution in [2.75, 3.05) is 11.6 Å². The van der Waals surface area contributed by atoms with Gasteiger partial charge in [-0.2, -0.15) is 0 Å². The Morgan fingerprint density at radius 1 is 0.941 bits per heavy atom. The van der Waals surface area contributed by atoms with Crippen LogP contribution in [0, 0.1) is 0 Å². The number of nitrogens with one attached hydrogen (secondary N) is 1. The molecule has 3 nitrogen and oxygen atoms in total. The summed E-state index contributed by atoms with van der Waals surface area (Å²) < 4.78 is 0. The summed E-state index contributed by atoms with van der Waals surface area (Å²) in [5.74, 6) is 0. The summed E-state index contributed by atoms with van der Waals surface area (Å²) in [4.78, 5) is 3.78. The van der Waals surface area contributed by atoms with Crippen molar-refractivity contribution in [3.05, 3.63) is 73.2 Å². The second-order valence-electron chi connectivity index (χ2n) is 3.50. The molecule has 0 fully saturated rings. The summed E-state index contributed by atoms with van der Waals surface area (Å²) in [5, 5.41) is 2.08. The highest BCUT2D eigenvalue weighted by molar-refractivity contribution is 5.46. The van der Waals surface area contributed by atoms with E-state index in [1.165, 1.54) is 5.69 Å². The van der Waals surface area contributed by atoms with E-state index in [-0.39, 0.29) is 0 Å². The second-order valence-corrected chi connectivity index (χ2v) is 3.50. The highest BCUT2D eigenvalue weighted by atomic mass is 15.5. The van der Waals surface area contributed by atoms with Crippen LogP contribution in [0.3, 0.4) is 0 Å². The fourth-order valence-corrected chi connectivity index (χ4v) is 1.45. The van der Waals surface area contributed by atoms with Crippen molar-refractivity contribution in [2.24, 2.45) is 0 Å². The Kier molecular flexibility index (Phi) is 4.17. The Morgan fingerprint density at radius 3 is 2.12 bits per heavy atom. The van der Waals surface area contributed by atoms with Crippen molar-refractivity contribution in [3.8, 4) is 0 Å². The van der Waals surface area contributed by atoms with E-state index >= 15 is 0 Å². The molecule has 0 aliphatic carbocycles. The van der Waals surface area contributed by atoms with E-state index in [2.05, 4.69) is 33.6 Å². The molecule has 0 spiro atoms. The SMILES string of the molecule is C1=CNN(c2ccccc2)C1.c1ccncc1. The number of aromatic nitrogens is 1. The minimum atomic E-state index is 0.948. The Morgan fingerprint density at radius 2 is 1.65 bits per heavy atom. The van der Waals surface area contributed by atoms with Crippen LogP contribution in [-0.4, -0.2) is 11.5 Å². The first-order chi connectivity index (χ1) is 8.47. The largest absolute Gasteiger partial charge is 0.306 e. The van der Waals surface area contributed by atoms with Gasteiger partial charge >= 0.3 is 0 Å². The number of anilines is 1. The number of para-hydroxylation sites is 1. The molecule has 86 valence electrons. The lowest BCUT2D eigenvalue weighted by Crippen LogP contribution is -2.29. The van der Waals surface area contributed by atoms with E-state index in [1.807, 2.05) is 42.6 Å². The zero-order chi connectivity index (χ0) is 11.8. The van der Waals surface area contributed by atoms with Gasteiger partial charge in [-0.1, -0.05) is 24.3 Å². The van der Waals surface area contributed by atoms with Gasteiger partial charge in [-0.05, 0) is 30.3 Å². The molecular formula is C14H15N3. The molecule has 2 aromatic rings. The van der Waals surface area contributed by atoms with Crippen molar-refractivity contribution in [3.63, 3.8) is 0 Å². The van der Waals surface area contributed by atoms with Crippen molar-refractivity contribution >= 4 is 5.69 Å². The maximum absolute atomic E-state index is 3.78. The molecule has 0 amide bonds. The standard InChI is InChI=1S/C9H10N2.C5H5N/c1-2-5-9(6-3-1)11-8-4-7-10-11;1-2-4-6-5-3-1/h1-7,10H,8H2;1-5H. The van der Waals surface area contributed by atoms with Crippen LogP contribution in [0.15, 0.2) is 73.2 Å². The van der Waals surface area contributed by atoms with Gasteiger partial charge in [0.25, 0.3) is 0 Å². The van der Waals surface area contributed by atoms with E-state index in [9.17, 15) is 0 Å². The Labute approximate surface area is 101 Å². The Hall–Kier alpha value is -2.29. The normalized spacial score (nSPS) is 12.6. The van der Waals surface area contributed by atoms with Gasteiger partial charge in [0.1, 0.15) is 0 Å². The minimum absolute atomic E-state index is 0.948. The predicted octanol–water partition coefficient (Wildman–Crippen LogP) is 2.61. The van der Waals surface area contributed by atoms with E-state index in [0.29, 0.717) is 0 Å². The molecule has 1 aliphatic heterocycles. The maximum atomic E-state index is 3.78. The average molecular weight is 225 g/mol. The van der Waals surface area contributed by atoms with Gasteiger partial charge in [0, 0.05) is 18.6 Å². The first-order valence-electron chi connectivity index (χ1n) is 5.55. The first kappa shape index (κ1) is 11.2. The number of nitrogens with zero attached hydrogens (tertiary/aromatic N) is 2. The minimum Gasteiger partial charge on any atom is -0.306 e. The average Bonchev–Trinajstić information content (AvgIpc) is 2.96. The number of rotatable bonds is 1. The lowest BCUT2D eigenvalue weighted by atomic mass is 10.3. The molecule has 3 rings (SSSR count). The number of pyridine rings is 1. The molecule has 0 unspecified atom stereocenters. The molecule has 0 saturated heterocycles. The first-order valence-corrected chi connectivity index (χ1v) is 5.55. The second kappa shape index (κ2) is 6.33. The quantitative estimate of drug-likeness (QED) is 0.808. The lowest BCUT2D eigenvalue weighted by Gasteiger charge is -2.17. The lowest BCUT2D eigenvalue weighted by molar-refractivity contribution is 0.840. The molecule has 0 radical (unpaired) electrons. The summed E-state index contributed by atoms with van der Waals surface area (Å²) in [7, 11) is 0. The third-order valence-electron chi connectivity index (χ3n) is 2.27. The summed E-state index contributed by atoms with van der Waals surface area (Å²) >= 11 is 0. The van der Waals surface area contributed by atoms with Crippen LogP contribution in [0.2, 0.25) is 0 Å². The van der Waals surface area contributed by atoms with Gasteiger partial charge in [0.05, 0.1) is 12.2 Å². The van der Waals surface area contributed by atoms with E-state index in [1.54, 1.807) is 12.4 Å². The number of benzene rings is 1.